The maximum absolute atomic E-state index is 11.8. The molecule has 0 bridgehead atoms. The molecule has 0 heterocycles. The number of nitrogens with one attached hydrogen (secondary N) is 2. The van der Waals surface area contributed by atoms with Gasteiger partial charge in [-0.1, -0.05) is 13.8 Å². The summed E-state index contributed by atoms with van der Waals surface area (Å²) in [5.41, 5.74) is 6.46. The summed E-state index contributed by atoms with van der Waals surface area (Å²) < 4.78 is 11.0. The van der Waals surface area contributed by atoms with E-state index in [9.17, 15) is 9.59 Å². The molecule has 0 radical (unpaired) electrons. The summed E-state index contributed by atoms with van der Waals surface area (Å²) in [5.74, 6) is 0.872. The Balaban J connectivity index is 1.65. The highest BCUT2D eigenvalue weighted by Crippen LogP contribution is 2.12. The van der Waals surface area contributed by atoms with E-state index in [4.69, 9.17) is 9.47 Å². The van der Waals surface area contributed by atoms with E-state index in [0.717, 1.165) is 35.5 Å². The Hall–Kier alpha value is -3.68. The average Bonchev–Trinajstić information content (AvgIpc) is 2.81. The first-order chi connectivity index (χ1) is 15.6. The van der Waals surface area contributed by atoms with Crippen LogP contribution in [0.25, 0.3) is 0 Å². The van der Waals surface area contributed by atoms with Gasteiger partial charge in [0.15, 0.2) is 0 Å². The Morgan fingerprint density at radius 1 is 0.719 bits per heavy atom. The normalized spacial score (nSPS) is 10.9. The highest BCUT2D eigenvalue weighted by molar-refractivity contribution is 5.86. The van der Waals surface area contributed by atoms with E-state index >= 15 is 0 Å². The summed E-state index contributed by atoms with van der Waals surface area (Å²) in [5, 5.41) is 7.80. The molecule has 0 spiro atoms. The van der Waals surface area contributed by atoms with Crippen LogP contribution in [-0.4, -0.2) is 37.5 Å². The molecule has 0 atom stereocenters. The number of ether oxygens (including phenoxy) is 2. The van der Waals surface area contributed by atoms with E-state index in [0.29, 0.717) is 13.2 Å². The van der Waals surface area contributed by atoms with Gasteiger partial charge in [0.1, 0.15) is 11.5 Å². The first-order valence-corrected chi connectivity index (χ1v) is 10.7. The number of hydrogen-bond donors (Lipinski definition) is 2. The molecule has 2 aromatic carbocycles. The summed E-state index contributed by atoms with van der Waals surface area (Å²) in [6.45, 7) is 5.43. The van der Waals surface area contributed by atoms with Crippen LogP contribution in [0.4, 0.5) is 0 Å². The Kier molecular flexibility index (Phi) is 11.0. The van der Waals surface area contributed by atoms with Crippen molar-refractivity contribution in [2.75, 3.05) is 13.2 Å². The summed E-state index contributed by atoms with van der Waals surface area (Å²) in [7, 11) is 0. The van der Waals surface area contributed by atoms with Crippen LogP contribution in [0.3, 0.4) is 0 Å². The van der Waals surface area contributed by atoms with Crippen LogP contribution in [0, 0.1) is 0 Å². The number of hydrazone groups is 2. The third kappa shape index (κ3) is 9.88. The zero-order chi connectivity index (χ0) is 23.0. The van der Waals surface area contributed by atoms with Crippen LogP contribution in [0.2, 0.25) is 0 Å². The van der Waals surface area contributed by atoms with Gasteiger partial charge < -0.3 is 9.47 Å². The second-order valence-corrected chi connectivity index (χ2v) is 6.92. The van der Waals surface area contributed by atoms with Gasteiger partial charge in [-0.15, -0.1) is 0 Å². The van der Waals surface area contributed by atoms with Crippen molar-refractivity contribution in [3.8, 4) is 11.5 Å². The van der Waals surface area contributed by atoms with Crippen molar-refractivity contribution in [2.45, 2.75) is 39.5 Å². The van der Waals surface area contributed by atoms with Gasteiger partial charge in [-0.05, 0) is 72.5 Å². The number of carbonyl (C=O) groups excluding carboxylic acids is 2. The molecule has 0 aromatic heterocycles. The zero-order valence-corrected chi connectivity index (χ0v) is 18.5. The molecule has 0 unspecified atom stereocenters. The fourth-order valence-corrected chi connectivity index (χ4v) is 2.44. The second-order valence-electron chi connectivity index (χ2n) is 6.92. The van der Waals surface area contributed by atoms with E-state index in [2.05, 4.69) is 21.1 Å². The van der Waals surface area contributed by atoms with Gasteiger partial charge >= 0.3 is 0 Å². The predicted molar refractivity (Wildman–Crippen MR) is 125 cm³/mol. The van der Waals surface area contributed by atoms with Crippen LogP contribution < -0.4 is 20.3 Å². The van der Waals surface area contributed by atoms with Crippen molar-refractivity contribution in [2.24, 2.45) is 10.2 Å². The maximum Gasteiger partial charge on any atom is 0.240 e. The van der Waals surface area contributed by atoms with Gasteiger partial charge in [0, 0.05) is 12.8 Å². The van der Waals surface area contributed by atoms with Crippen LogP contribution in [0.5, 0.6) is 11.5 Å². The largest absolute Gasteiger partial charge is 0.494 e. The van der Waals surface area contributed by atoms with Gasteiger partial charge in [-0.25, -0.2) is 10.9 Å². The van der Waals surface area contributed by atoms with Crippen molar-refractivity contribution in [3.05, 3.63) is 59.7 Å². The number of nitrogens with zero attached hydrogens (tertiary/aromatic N) is 2. The van der Waals surface area contributed by atoms with E-state index in [1.54, 1.807) is 0 Å². The predicted octanol–water partition coefficient (Wildman–Crippen LogP) is 3.64. The number of benzene rings is 2. The molecule has 2 aromatic rings. The first-order valence-electron chi connectivity index (χ1n) is 10.7. The molecule has 170 valence electrons. The average molecular weight is 439 g/mol. The van der Waals surface area contributed by atoms with Crippen molar-refractivity contribution in [1.82, 2.24) is 10.9 Å². The summed E-state index contributed by atoms with van der Waals surface area (Å²) in [4.78, 5) is 23.7. The van der Waals surface area contributed by atoms with E-state index in [1.165, 1.54) is 12.4 Å². The summed E-state index contributed by atoms with van der Waals surface area (Å²) >= 11 is 0. The molecule has 2 rings (SSSR count). The van der Waals surface area contributed by atoms with Gasteiger partial charge in [0.2, 0.25) is 11.8 Å². The molecule has 0 aliphatic rings. The van der Waals surface area contributed by atoms with Gasteiger partial charge in [0.05, 0.1) is 25.6 Å². The third-order valence-corrected chi connectivity index (χ3v) is 4.09. The molecular weight excluding hydrogens is 408 g/mol. The molecule has 0 aliphatic heterocycles. The quantitative estimate of drug-likeness (QED) is 0.368. The van der Waals surface area contributed by atoms with Gasteiger partial charge in [0.25, 0.3) is 0 Å². The minimum atomic E-state index is -0.356. The van der Waals surface area contributed by atoms with Crippen molar-refractivity contribution in [1.29, 1.82) is 0 Å². The van der Waals surface area contributed by atoms with Crippen molar-refractivity contribution in [3.63, 3.8) is 0 Å². The van der Waals surface area contributed by atoms with Crippen molar-refractivity contribution < 1.29 is 19.1 Å². The molecule has 0 fully saturated rings. The summed E-state index contributed by atoms with van der Waals surface area (Å²) in [6, 6.07) is 14.8. The Morgan fingerprint density at radius 3 is 1.44 bits per heavy atom. The highest BCUT2D eigenvalue weighted by Gasteiger charge is 2.05. The molecule has 2 N–H and O–H groups in total. The lowest BCUT2D eigenvalue weighted by molar-refractivity contribution is -0.126. The van der Waals surface area contributed by atoms with Crippen LogP contribution >= 0.6 is 0 Å². The second kappa shape index (κ2) is 14.3. The lowest BCUT2D eigenvalue weighted by atomic mass is 10.2. The molecule has 32 heavy (non-hydrogen) atoms. The smallest absolute Gasteiger partial charge is 0.240 e. The van der Waals surface area contributed by atoms with Crippen LogP contribution in [-0.2, 0) is 9.59 Å². The Morgan fingerprint density at radius 2 is 1.09 bits per heavy atom. The maximum atomic E-state index is 11.8. The number of carbonyl (C=O) groups is 2. The lowest BCUT2D eigenvalue weighted by Gasteiger charge is -2.04. The van der Waals surface area contributed by atoms with Gasteiger partial charge in [-0.2, -0.15) is 10.2 Å². The zero-order valence-electron chi connectivity index (χ0n) is 18.5. The number of rotatable bonds is 13. The van der Waals surface area contributed by atoms with Gasteiger partial charge in [-0.3, -0.25) is 9.59 Å². The number of amides is 2. The molecule has 0 saturated carbocycles. The molecule has 2 amide bonds. The molecule has 8 heteroatoms. The lowest BCUT2D eigenvalue weighted by Crippen LogP contribution is -2.22. The minimum absolute atomic E-state index is 0.00591. The van der Waals surface area contributed by atoms with Crippen LogP contribution in [0.15, 0.2) is 58.7 Å². The Labute approximate surface area is 188 Å². The molecule has 8 nitrogen and oxygen atoms in total. The van der Waals surface area contributed by atoms with E-state index in [1.807, 2.05) is 62.4 Å². The fraction of sp³-hybridized carbons (Fsp3) is 0.333. The van der Waals surface area contributed by atoms with Crippen molar-refractivity contribution >= 4 is 24.2 Å². The third-order valence-electron chi connectivity index (χ3n) is 4.09. The Bertz CT molecular complexity index is 818. The minimum Gasteiger partial charge on any atom is -0.494 e. The summed E-state index contributed by atoms with van der Waals surface area (Å²) in [6.07, 6.45) is 4.97. The SMILES string of the molecule is CCCOc1ccc(C=NNC(=O)CCC(=O)NN=Cc2ccc(OCCC)cc2)cc1. The fourth-order valence-electron chi connectivity index (χ4n) is 2.44. The molecule has 0 saturated heterocycles. The van der Waals surface area contributed by atoms with Crippen LogP contribution in [0.1, 0.15) is 50.7 Å². The topological polar surface area (TPSA) is 101 Å². The molecule has 0 aliphatic carbocycles. The molecular formula is C24H30N4O4. The number of hydrogen-bond acceptors (Lipinski definition) is 6. The van der Waals surface area contributed by atoms with E-state index < -0.39 is 0 Å². The first kappa shape index (κ1) is 24.6. The highest BCUT2D eigenvalue weighted by atomic mass is 16.5. The van der Waals surface area contributed by atoms with E-state index in [-0.39, 0.29) is 24.7 Å². The monoisotopic (exact) mass is 438 g/mol. The standard InChI is InChI=1S/C24H30N4O4/c1-3-15-31-21-9-5-19(6-10-21)17-25-27-23(29)13-14-24(30)28-26-18-20-7-11-22(12-8-20)32-16-4-2/h5-12,17-18H,3-4,13-16H2,1-2H3,(H,27,29)(H,28,30).